The van der Waals surface area contributed by atoms with Crippen molar-refractivity contribution in [1.29, 1.82) is 0 Å². The molecule has 0 unspecified atom stereocenters. The van der Waals surface area contributed by atoms with Crippen LogP contribution >= 0.6 is 0 Å². The van der Waals surface area contributed by atoms with Crippen molar-refractivity contribution >= 4 is 5.78 Å². The smallest absolute Gasteiger partial charge is 0.193 e. The zero-order valence-electron chi connectivity index (χ0n) is 9.81. The van der Waals surface area contributed by atoms with E-state index >= 15 is 0 Å². The van der Waals surface area contributed by atoms with Gasteiger partial charge in [0.2, 0.25) is 0 Å². The molecule has 0 radical (unpaired) electrons. The van der Waals surface area contributed by atoms with Gasteiger partial charge in [-0.25, -0.2) is 0 Å². The quantitative estimate of drug-likeness (QED) is 0.810. The number of nitrogens with one attached hydrogen (secondary N) is 1. The van der Waals surface area contributed by atoms with Gasteiger partial charge in [0.05, 0.1) is 0 Å². The van der Waals surface area contributed by atoms with Crippen LogP contribution in [-0.2, 0) is 6.54 Å². The number of benzene rings is 2. The van der Waals surface area contributed by atoms with Crippen molar-refractivity contribution in [2.45, 2.75) is 6.54 Å². The molecule has 17 heavy (non-hydrogen) atoms. The lowest BCUT2D eigenvalue weighted by molar-refractivity contribution is 0.103. The number of rotatable bonds is 4. The average molecular weight is 225 g/mol. The Morgan fingerprint density at radius 2 is 1.65 bits per heavy atom. The van der Waals surface area contributed by atoms with Gasteiger partial charge < -0.3 is 5.32 Å². The third-order valence-electron chi connectivity index (χ3n) is 2.67. The topological polar surface area (TPSA) is 29.1 Å². The highest BCUT2D eigenvalue weighted by molar-refractivity contribution is 6.09. The summed E-state index contributed by atoms with van der Waals surface area (Å²) in [5.74, 6) is 0.0800. The maximum atomic E-state index is 12.3. The van der Waals surface area contributed by atoms with Gasteiger partial charge in [0.15, 0.2) is 5.78 Å². The van der Waals surface area contributed by atoms with Gasteiger partial charge in [-0.3, -0.25) is 4.79 Å². The van der Waals surface area contributed by atoms with Gasteiger partial charge in [-0.05, 0) is 12.6 Å². The molecule has 0 saturated carbocycles. The van der Waals surface area contributed by atoms with Crippen LogP contribution in [0.5, 0.6) is 0 Å². The highest BCUT2D eigenvalue weighted by Gasteiger charge is 2.11. The highest BCUT2D eigenvalue weighted by Crippen LogP contribution is 2.14. The molecule has 2 rings (SSSR count). The van der Waals surface area contributed by atoms with E-state index in [0.29, 0.717) is 6.54 Å². The molecule has 2 nitrogen and oxygen atoms in total. The van der Waals surface area contributed by atoms with E-state index in [1.54, 1.807) is 0 Å². The van der Waals surface area contributed by atoms with Gasteiger partial charge in [-0.15, -0.1) is 0 Å². The standard InChI is InChI=1S/C15H15NO/c1-16-11-13-9-5-6-10-14(13)15(17)12-7-3-2-4-8-12/h2-10,16H,11H2,1H3. The van der Waals surface area contributed by atoms with Crippen molar-refractivity contribution in [3.05, 3.63) is 71.3 Å². The second-order valence-corrected chi connectivity index (χ2v) is 3.88. The molecule has 0 aromatic heterocycles. The van der Waals surface area contributed by atoms with E-state index < -0.39 is 0 Å². The highest BCUT2D eigenvalue weighted by atomic mass is 16.1. The average Bonchev–Trinajstić information content (AvgIpc) is 2.40. The van der Waals surface area contributed by atoms with Gasteiger partial charge in [0, 0.05) is 17.7 Å². The fraction of sp³-hybridized carbons (Fsp3) is 0.133. The molecule has 0 aliphatic heterocycles. The first kappa shape index (κ1) is 11.6. The van der Waals surface area contributed by atoms with Gasteiger partial charge in [0.25, 0.3) is 0 Å². The monoisotopic (exact) mass is 225 g/mol. The molecule has 0 fully saturated rings. The lowest BCUT2D eigenvalue weighted by Crippen LogP contribution is -2.11. The Labute approximate surface area is 101 Å². The number of hydrogen-bond acceptors (Lipinski definition) is 2. The molecule has 86 valence electrons. The van der Waals surface area contributed by atoms with Crippen LogP contribution in [0.25, 0.3) is 0 Å². The Kier molecular flexibility index (Phi) is 3.68. The van der Waals surface area contributed by atoms with Crippen molar-refractivity contribution in [2.75, 3.05) is 7.05 Å². The molecule has 2 heteroatoms. The number of hydrogen-bond donors (Lipinski definition) is 1. The van der Waals surface area contributed by atoms with Crippen LogP contribution < -0.4 is 5.32 Å². The number of ketones is 1. The molecule has 1 N–H and O–H groups in total. The van der Waals surface area contributed by atoms with E-state index in [1.165, 1.54) is 0 Å². The van der Waals surface area contributed by atoms with Crippen molar-refractivity contribution < 1.29 is 4.79 Å². The van der Waals surface area contributed by atoms with E-state index in [4.69, 9.17) is 0 Å². The molecule has 0 amide bonds. The first-order valence-corrected chi connectivity index (χ1v) is 5.65. The van der Waals surface area contributed by atoms with Crippen LogP contribution in [0.15, 0.2) is 54.6 Å². The Balaban J connectivity index is 2.37. The molecule has 0 aliphatic carbocycles. The Morgan fingerprint density at radius 3 is 2.35 bits per heavy atom. The van der Waals surface area contributed by atoms with Crippen LogP contribution in [0.4, 0.5) is 0 Å². The largest absolute Gasteiger partial charge is 0.316 e. The van der Waals surface area contributed by atoms with Crippen molar-refractivity contribution in [3.63, 3.8) is 0 Å². The summed E-state index contributed by atoms with van der Waals surface area (Å²) in [4.78, 5) is 12.3. The van der Waals surface area contributed by atoms with E-state index in [-0.39, 0.29) is 5.78 Å². The predicted octanol–water partition coefficient (Wildman–Crippen LogP) is 2.64. The summed E-state index contributed by atoms with van der Waals surface area (Å²) >= 11 is 0. The summed E-state index contributed by atoms with van der Waals surface area (Å²) in [5, 5.41) is 3.08. The summed E-state index contributed by atoms with van der Waals surface area (Å²) < 4.78 is 0. The Bertz CT molecular complexity index is 505. The first-order valence-electron chi connectivity index (χ1n) is 5.65. The zero-order valence-corrected chi connectivity index (χ0v) is 9.81. The normalized spacial score (nSPS) is 10.2. The van der Waals surface area contributed by atoms with Crippen molar-refractivity contribution in [2.24, 2.45) is 0 Å². The van der Waals surface area contributed by atoms with Crippen molar-refractivity contribution in [1.82, 2.24) is 5.32 Å². The molecule has 2 aromatic rings. The van der Waals surface area contributed by atoms with Crippen LogP contribution in [0.2, 0.25) is 0 Å². The second-order valence-electron chi connectivity index (χ2n) is 3.88. The molecular formula is C15H15NO. The third kappa shape index (κ3) is 2.60. The van der Waals surface area contributed by atoms with Crippen LogP contribution in [-0.4, -0.2) is 12.8 Å². The summed E-state index contributed by atoms with van der Waals surface area (Å²) in [6.07, 6.45) is 0. The molecule has 0 aliphatic rings. The second kappa shape index (κ2) is 5.41. The fourth-order valence-electron chi connectivity index (χ4n) is 1.83. The first-order chi connectivity index (χ1) is 8.33. The Morgan fingerprint density at radius 1 is 1.00 bits per heavy atom. The number of carbonyl (C=O) groups excluding carboxylic acids is 1. The van der Waals surface area contributed by atoms with Crippen LogP contribution in [0, 0.1) is 0 Å². The molecule has 0 saturated heterocycles. The number of carbonyl (C=O) groups is 1. The Hall–Kier alpha value is -1.93. The molecule has 0 heterocycles. The molecule has 0 spiro atoms. The molecule has 0 atom stereocenters. The molecule has 2 aromatic carbocycles. The van der Waals surface area contributed by atoms with Gasteiger partial charge >= 0.3 is 0 Å². The van der Waals surface area contributed by atoms with Crippen LogP contribution in [0.1, 0.15) is 21.5 Å². The van der Waals surface area contributed by atoms with Gasteiger partial charge in [-0.1, -0.05) is 54.6 Å². The molecule has 0 bridgehead atoms. The maximum Gasteiger partial charge on any atom is 0.193 e. The summed E-state index contributed by atoms with van der Waals surface area (Å²) in [7, 11) is 1.88. The fourth-order valence-corrected chi connectivity index (χ4v) is 1.83. The zero-order chi connectivity index (χ0) is 12.1. The van der Waals surface area contributed by atoms with Crippen molar-refractivity contribution in [3.8, 4) is 0 Å². The lowest BCUT2D eigenvalue weighted by Gasteiger charge is -2.07. The minimum Gasteiger partial charge on any atom is -0.316 e. The van der Waals surface area contributed by atoms with E-state index in [0.717, 1.165) is 16.7 Å². The van der Waals surface area contributed by atoms with E-state index in [9.17, 15) is 4.79 Å². The maximum absolute atomic E-state index is 12.3. The molecular weight excluding hydrogens is 210 g/mol. The SMILES string of the molecule is CNCc1ccccc1C(=O)c1ccccc1. The van der Waals surface area contributed by atoms with E-state index in [2.05, 4.69) is 5.32 Å². The van der Waals surface area contributed by atoms with Gasteiger partial charge in [-0.2, -0.15) is 0 Å². The van der Waals surface area contributed by atoms with Crippen LogP contribution in [0.3, 0.4) is 0 Å². The minimum absolute atomic E-state index is 0.0800. The third-order valence-corrected chi connectivity index (χ3v) is 2.67. The summed E-state index contributed by atoms with van der Waals surface area (Å²) in [6.45, 7) is 0.703. The minimum atomic E-state index is 0.0800. The predicted molar refractivity (Wildman–Crippen MR) is 69.1 cm³/mol. The summed E-state index contributed by atoms with van der Waals surface area (Å²) in [6, 6.07) is 17.1. The lowest BCUT2D eigenvalue weighted by atomic mass is 9.98. The van der Waals surface area contributed by atoms with E-state index in [1.807, 2.05) is 61.6 Å². The summed E-state index contributed by atoms with van der Waals surface area (Å²) in [5.41, 5.74) is 2.54. The van der Waals surface area contributed by atoms with Gasteiger partial charge in [0.1, 0.15) is 0 Å².